The topological polar surface area (TPSA) is 46.5 Å². The number of carbonyl (C=O) groups is 1. The molecular weight excluding hydrogens is 260 g/mol. The molecular formula is C15H24O3S. The summed E-state index contributed by atoms with van der Waals surface area (Å²) in [4.78, 5) is 12.6. The van der Waals surface area contributed by atoms with Crippen LogP contribution in [-0.4, -0.2) is 40.2 Å². The molecule has 1 saturated carbocycles. The van der Waals surface area contributed by atoms with Gasteiger partial charge in [0.25, 0.3) is 0 Å². The van der Waals surface area contributed by atoms with Crippen molar-refractivity contribution in [3.05, 3.63) is 0 Å². The number of thioether (sulfide) groups is 1. The second kappa shape index (κ2) is 5.38. The van der Waals surface area contributed by atoms with Crippen LogP contribution in [0.25, 0.3) is 0 Å². The van der Waals surface area contributed by atoms with E-state index in [4.69, 9.17) is 4.74 Å². The first-order chi connectivity index (χ1) is 9.14. The lowest BCUT2D eigenvalue weighted by atomic mass is 9.75. The predicted molar refractivity (Wildman–Crippen MR) is 76.4 cm³/mol. The smallest absolute Gasteiger partial charge is 0.167 e. The van der Waals surface area contributed by atoms with E-state index in [0.717, 1.165) is 50.0 Å². The third-order valence-electron chi connectivity index (χ3n) is 5.16. The molecule has 0 aromatic carbocycles. The lowest BCUT2D eigenvalue weighted by molar-refractivity contribution is -0.154. The highest BCUT2D eigenvalue weighted by Crippen LogP contribution is 2.42. The van der Waals surface area contributed by atoms with Crippen LogP contribution in [0.15, 0.2) is 0 Å². The molecule has 3 nitrogen and oxygen atoms in total. The predicted octanol–water partition coefficient (Wildman–Crippen LogP) is 2.55. The third-order valence-corrected chi connectivity index (χ3v) is 6.14. The second-order valence-corrected chi connectivity index (χ2v) is 7.66. The highest BCUT2D eigenvalue weighted by atomic mass is 32.2. The monoisotopic (exact) mass is 284 g/mol. The van der Waals surface area contributed by atoms with Crippen molar-refractivity contribution in [1.29, 1.82) is 0 Å². The van der Waals surface area contributed by atoms with Crippen molar-refractivity contribution in [2.75, 3.05) is 18.1 Å². The summed E-state index contributed by atoms with van der Waals surface area (Å²) in [6.45, 7) is 0.692. The van der Waals surface area contributed by atoms with Gasteiger partial charge in [-0.1, -0.05) is 0 Å². The molecule has 0 radical (unpaired) electrons. The average Bonchev–Trinajstić information content (AvgIpc) is 2.87. The van der Waals surface area contributed by atoms with Crippen LogP contribution in [0.4, 0.5) is 0 Å². The quantitative estimate of drug-likeness (QED) is 0.846. The molecule has 1 aliphatic carbocycles. The molecule has 19 heavy (non-hydrogen) atoms. The molecule has 3 fully saturated rings. The van der Waals surface area contributed by atoms with Gasteiger partial charge < -0.3 is 9.84 Å². The van der Waals surface area contributed by atoms with Crippen molar-refractivity contribution in [2.24, 2.45) is 5.92 Å². The average molecular weight is 284 g/mol. The fourth-order valence-corrected chi connectivity index (χ4v) is 5.17. The van der Waals surface area contributed by atoms with E-state index in [9.17, 15) is 9.90 Å². The van der Waals surface area contributed by atoms with Crippen LogP contribution in [0.3, 0.4) is 0 Å². The van der Waals surface area contributed by atoms with Gasteiger partial charge in [-0.25, -0.2) is 0 Å². The Hall–Kier alpha value is -0.0600. The fourth-order valence-electron chi connectivity index (χ4n) is 3.93. The zero-order chi connectivity index (χ0) is 13.3. The Morgan fingerprint density at radius 1 is 1.16 bits per heavy atom. The molecule has 108 valence electrons. The molecule has 1 spiro atoms. The van der Waals surface area contributed by atoms with Crippen LogP contribution in [0.1, 0.15) is 51.4 Å². The number of ether oxygens (including phenoxy) is 1. The van der Waals surface area contributed by atoms with Crippen LogP contribution in [0, 0.1) is 5.92 Å². The molecule has 0 aromatic rings. The lowest BCUT2D eigenvalue weighted by Crippen LogP contribution is -2.49. The summed E-state index contributed by atoms with van der Waals surface area (Å²) in [5.74, 6) is 2.43. The van der Waals surface area contributed by atoms with Crippen LogP contribution in [-0.2, 0) is 9.53 Å². The van der Waals surface area contributed by atoms with Gasteiger partial charge in [0.1, 0.15) is 5.60 Å². The minimum atomic E-state index is -1.01. The van der Waals surface area contributed by atoms with Gasteiger partial charge in [-0.05, 0) is 62.9 Å². The van der Waals surface area contributed by atoms with Crippen LogP contribution >= 0.6 is 11.8 Å². The lowest BCUT2D eigenvalue weighted by Gasteiger charge is -2.44. The number of ketones is 1. The van der Waals surface area contributed by atoms with Gasteiger partial charge in [0.05, 0.1) is 5.60 Å². The van der Waals surface area contributed by atoms with E-state index < -0.39 is 5.60 Å². The molecule has 2 saturated heterocycles. The molecule has 4 heteroatoms. The van der Waals surface area contributed by atoms with Gasteiger partial charge in [-0.3, -0.25) is 4.79 Å². The van der Waals surface area contributed by atoms with Crippen molar-refractivity contribution >= 4 is 17.5 Å². The maximum Gasteiger partial charge on any atom is 0.167 e. The summed E-state index contributed by atoms with van der Waals surface area (Å²) in [6.07, 6.45) is 7.11. The van der Waals surface area contributed by atoms with Crippen LogP contribution in [0.5, 0.6) is 0 Å². The summed E-state index contributed by atoms with van der Waals surface area (Å²) in [6, 6.07) is 0. The first-order valence-corrected chi connectivity index (χ1v) is 8.78. The molecule has 1 N–H and O–H groups in total. The number of rotatable bonds is 2. The van der Waals surface area contributed by atoms with E-state index in [1.54, 1.807) is 0 Å². The summed E-state index contributed by atoms with van der Waals surface area (Å²) in [7, 11) is 0. The van der Waals surface area contributed by atoms with E-state index in [1.807, 2.05) is 11.8 Å². The fraction of sp³-hybridized carbons (Fsp3) is 0.933. The molecule has 0 amide bonds. The van der Waals surface area contributed by atoms with Crippen molar-refractivity contribution in [3.63, 3.8) is 0 Å². The van der Waals surface area contributed by atoms with Crippen LogP contribution in [0.2, 0.25) is 0 Å². The highest BCUT2D eigenvalue weighted by molar-refractivity contribution is 7.99. The number of hydrogen-bond acceptors (Lipinski definition) is 4. The van der Waals surface area contributed by atoms with E-state index in [-0.39, 0.29) is 17.3 Å². The molecule has 3 aliphatic rings. The zero-order valence-corrected chi connectivity index (χ0v) is 12.3. The zero-order valence-electron chi connectivity index (χ0n) is 11.5. The standard InChI is InChI=1S/C15H24O3S/c16-13(15(17)4-1-2-5-15)12-3-8-18-14(11-12)6-9-19-10-7-14/h12,17H,1-11H2. The summed E-state index contributed by atoms with van der Waals surface area (Å²) >= 11 is 1.98. The van der Waals surface area contributed by atoms with Crippen molar-refractivity contribution < 1.29 is 14.6 Å². The van der Waals surface area contributed by atoms with Gasteiger partial charge in [0.15, 0.2) is 5.78 Å². The maximum atomic E-state index is 12.6. The van der Waals surface area contributed by atoms with Gasteiger partial charge in [0.2, 0.25) is 0 Å². The summed E-state index contributed by atoms with van der Waals surface area (Å²) < 4.78 is 6.04. The van der Waals surface area contributed by atoms with Crippen molar-refractivity contribution in [2.45, 2.75) is 62.6 Å². The second-order valence-electron chi connectivity index (χ2n) is 6.44. The molecule has 1 atom stereocenters. The first-order valence-electron chi connectivity index (χ1n) is 7.62. The summed E-state index contributed by atoms with van der Waals surface area (Å²) in [5, 5.41) is 10.5. The minimum Gasteiger partial charge on any atom is -0.382 e. The van der Waals surface area contributed by atoms with E-state index in [2.05, 4.69) is 0 Å². The number of Topliss-reactive ketones (excluding diaryl/α,β-unsaturated/α-hetero) is 1. The SMILES string of the molecule is O=C(C1CCOC2(CCSCC2)C1)C1(O)CCCC1. The Labute approximate surface area is 119 Å². The molecule has 1 unspecified atom stereocenters. The van der Waals surface area contributed by atoms with Gasteiger partial charge in [-0.2, -0.15) is 11.8 Å². The molecule has 0 bridgehead atoms. The Balaban J connectivity index is 1.69. The molecule has 2 aliphatic heterocycles. The largest absolute Gasteiger partial charge is 0.382 e. The molecule has 2 heterocycles. The van der Waals surface area contributed by atoms with Gasteiger partial charge in [-0.15, -0.1) is 0 Å². The van der Waals surface area contributed by atoms with Crippen LogP contribution < -0.4 is 0 Å². The maximum absolute atomic E-state index is 12.6. The molecule has 3 rings (SSSR count). The van der Waals surface area contributed by atoms with Crippen molar-refractivity contribution in [1.82, 2.24) is 0 Å². The van der Waals surface area contributed by atoms with Gasteiger partial charge >= 0.3 is 0 Å². The first kappa shape index (κ1) is 13.9. The van der Waals surface area contributed by atoms with Crippen molar-refractivity contribution in [3.8, 4) is 0 Å². The number of hydrogen-bond donors (Lipinski definition) is 1. The Kier molecular flexibility index (Phi) is 3.93. The third kappa shape index (κ3) is 2.72. The summed E-state index contributed by atoms with van der Waals surface area (Å²) in [5.41, 5.74) is -1.06. The van der Waals surface area contributed by atoms with E-state index in [1.165, 1.54) is 0 Å². The number of carbonyl (C=O) groups excluding carboxylic acids is 1. The highest BCUT2D eigenvalue weighted by Gasteiger charge is 2.47. The van der Waals surface area contributed by atoms with Gasteiger partial charge in [0, 0.05) is 12.5 Å². The Morgan fingerprint density at radius 3 is 2.53 bits per heavy atom. The van der Waals surface area contributed by atoms with E-state index >= 15 is 0 Å². The van der Waals surface area contributed by atoms with E-state index in [0.29, 0.717) is 19.4 Å². The molecule has 0 aromatic heterocycles. The number of aliphatic hydroxyl groups is 1. The normalized spacial score (nSPS) is 33.4. The Bertz CT molecular complexity index is 338. The Morgan fingerprint density at radius 2 is 1.84 bits per heavy atom. The minimum absolute atomic E-state index is 0.0277.